The van der Waals surface area contributed by atoms with Gasteiger partial charge in [0.2, 0.25) is 0 Å². The van der Waals surface area contributed by atoms with Gasteiger partial charge in [-0.2, -0.15) is 0 Å². The average molecular weight is 270 g/mol. The molecule has 0 aromatic heterocycles. The number of aliphatic carboxylic acids is 1. The van der Waals surface area contributed by atoms with Gasteiger partial charge in [-0.3, -0.25) is 0 Å². The van der Waals surface area contributed by atoms with Crippen molar-refractivity contribution in [2.45, 2.75) is 31.7 Å². The van der Waals surface area contributed by atoms with E-state index in [1.54, 1.807) is 0 Å². The van der Waals surface area contributed by atoms with Gasteiger partial charge in [-0.15, -0.1) is 11.8 Å². The van der Waals surface area contributed by atoms with Crippen molar-refractivity contribution in [3.8, 4) is 0 Å². The van der Waals surface area contributed by atoms with Crippen LogP contribution in [0.3, 0.4) is 0 Å². The van der Waals surface area contributed by atoms with E-state index in [0.717, 1.165) is 12.5 Å². The van der Waals surface area contributed by atoms with Crippen LogP contribution in [0.1, 0.15) is 25.7 Å². The normalized spacial score (nSPS) is 29.1. The first-order chi connectivity index (χ1) is 8.62. The summed E-state index contributed by atoms with van der Waals surface area (Å²) in [5, 5.41) is 12.0. The lowest BCUT2D eigenvalue weighted by Crippen LogP contribution is -2.48. The van der Waals surface area contributed by atoms with Crippen molar-refractivity contribution in [2.24, 2.45) is 11.3 Å². The highest BCUT2D eigenvalue weighted by Crippen LogP contribution is 2.60. The smallest absolute Gasteiger partial charge is 0.327 e. The van der Waals surface area contributed by atoms with Gasteiger partial charge in [0.25, 0.3) is 0 Å². The third-order valence-electron chi connectivity index (χ3n) is 4.36. The average Bonchev–Trinajstić information content (AvgIpc) is 3.23. The van der Waals surface area contributed by atoms with Crippen LogP contribution >= 0.6 is 11.8 Å². The quantitative estimate of drug-likeness (QED) is 0.809. The Morgan fingerprint density at radius 3 is 2.67 bits per heavy atom. The molecule has 3 aliphatic rings. The van der Waals surface area contributed by atoms with Gasteiger partial charge < -0.3 is 15.3 Å². The van der Waals surface area contributed by atoms with Gasteiger partial charge in [-0.25, -0.2) is 9.59 Å². The molecule has 1 aliphatic heterocycles. The first-order valence-electron chi connectivity index (χ1n) is 6.47. The maximum Gasteiger partial charge on any atom is 0.327 e. The van der Waals surface area contributed by atoms with Crippen molar-refractivity contribution in [3.63, 3.8) is 0 Å². The van der Waals surface area contributed by atoms with Crippen LogP contribution < -0.4 is 5.32 Å². The zero-order valence-electron chi connectivity index (χ0n) is 10.2. The Bertz CT molecular complexity index is 380. The minimum absolute atomic E-state index is 0.209. The largest absolute Gasteiger partial charge is 0.480 e. The fourth-order valence-corrected chi connectivity index (χ4v) is 3.93. The molecule has 2 aliphatic carbocycles. The number of nitrogens with zero attached hydrogens (tertiary/aromatic N) is 1. The second-order valence-electron chi connectivity index (χ2n) is 5.62. The zero-order valence-corrected chi connectivity index (χ0v) is 11.0. The van der Waals surface area contributed by atoms with Crippen molar-refractivity contribution in [1.29, 1.82) is 0 Å². The summed E-state index contributed by atoms with van der Waals surface area (Å²) >= 11 is 1.50. The maximum absolute atomic E-state index is 12.0. The minimum atomic E-state index is -0.904. The van der Waals surface area contributed by atoms with Crippen LogP contribution in [0.15, 0.2) is 0 Å². The topological polar surface area (TPSA) is 69.6 Å². The van der Waals surface area contributed by atoms with Crippen LogP contribution in [0.25, 0.3) is 0 Å². The third-order valence-corrected chi connectivity index (χ3v) is 5.37. The molecule has 0 aromatic carbocycles. The highest BCUT2D eigenvalue weighted by molar-refractivity contribution is 7.99. The molecule has 1 atom stereocenters. The standard InChI is InChI=1S/C12H18N2O3S/c15-10(16)9-5-18-7-14(9)11(17)13-6-12(3-4-12)8-1-2-8/h8-9H,1-7H2,(H,13,17)(H,15,16). The van der Waals surface area contributed by atoms with Gasteiger partial charge in [0.1, 0.15) is 6.04 Å². The van der Waals surface area contributed by atoms with Crippen molar-refractivity contribution >= 4 is 23.8 Å². The van der Waals surface area contributed by atoms with Crippen LogP contribution in [0.5, 0.6) is 0 Å². The van der Waals surface area contributed by atoms with Crippen molar-refractivity contribution < 1.29 is 14.7 Å². The second kappa shape index (κ2) is 4.33. The van der Waals surface area contributed by atoms with Crippen LogP contribution in [0.4, 0.5) is 4.79 Å². The second-order valence-corrected chi connectivity index (χ2v) is 6.62. The van der Waals surface area contributed by atoms with E-state index in [2.05, 4.69) is 5.32 Å². The predicted octanol–water partition coefficient (Wildman–Crippen LogP) is 1.35. The molecule has 18 heavy (non-hydrogen) atoms. The number of hydrogen-bond donors (Lipinski definition) is 2. The van der Waals surface area contributed by atoms with E-state index in [1.807, 2.05) is 0 Å². The molecule has 1 saturated heterocycles. The highest BCUT2D eigenvalue weighted by atomic mass is 32.2. The summed E-state index contributed by atoms with van der Waals surface area (Å²) in [4.78, 5) is 24.5. The Labute approximate surface area is 110 Å². The lowest BCUT2D eigenvalue weighted by atomic mass is 10.0. The van der Waals surface area contributed by atoms with Crippen LogP contribution in [0, 0.1) is 11.3 Å². The van der Waals surface area contributed by atoms with Crippen LogP contribution in [-0.2, 0) is 4.79 Å². The van der Waals surface area contributed by atoms with Crippen LogP contribution in [-0.4, -0.2) is 46.2 Å². The molecular weight excluding hydrogens is 252 g/mol. The molecule has 1 unspecified atom stereocenters. The zero-order chi connectivity index (χ0) is 12.8. The van der Waals surface area contributed by atoms with E-state index in [0.29, 0.717) is 17.0 Å². The van der Waals surface area contributed by atoms with Crippen LogP contribution in [0.2, 0.25) is 0 Å². The minimum Gasteiger partial charge on any atom is -0.480 e. The first kappa shape index (κ1) is 12.1. The number of amides is 2. The third kappa shape index (κ3) is 2.18. The number of carbonyl (C=O) groups is 2. The summed E-state index contributed by atoms with van der Waals surface area (Å²) in [5.41, 5.74) is 0.362. The van der Waals surface area contributed by atoms with Gasteiger partial charge in [0.05, 0.1) is 5.88 Å². The lowest BCUT2D eigenvalue weighted by molar-refractivity contribution is -0.140. The number of hydrogen-bond acceptors (Lipinski definition) is 3. The van der Waals surface area contributed by atoms with Crippen molar-refractivity contribution in [1.82, 2.24) is 10.2 Å². The molecule has 2 saturated carbocycles. The number of thioether (sulfide) groups is 1. The Balaban J connectivity index is 1.53. The summed E-state index contributed by atoms with van der Waals surface area (Å²) in [6.07, 6.45) is 5.03. The SMILES string of the molecule is O=C(O)C1CSCN1C(=O)NCC1(C2CC2)CC1. The van der Waals surface area contributed by atoms with Gasteiger partial charge in [0.15, 0.2) is 0 Å². The molecule has 3 rings (SSSR count). The summed E-state index contributed by atoms with van der Waals surface area (Å²) < 4.78 is 0. The highest BCUT2D eigenvalue weighted by Gasteiger charge is 2.53. The molecule has 5 nitrogen and oxygen atoms in total. The monoisotopic (exact) mass is 270 g/mol. The van der Waals surface area contributed by atoms with E-state index in [1.165, 1.54) is 42.3 Å². The Kier molecular flexibility index (Phi) is 2.92. The number of urea groups is 1. The summed E-state index contributed by atoms with van der Waals surface area (Å²) in [7, 11) is 0. The fraction of sp³-hybridized carbons (Fsp3) is 0.833. The molecule has 2 amide bonds. The number of carbonyl (C=O) groups excluding carboxylic acids is 1. The van der Waals surface area contributed by atoms with E-state index in [4.69, 9.17) is 5.11 Å². The molecule has 0 bridgehead atoms. The number of carboxylic acid groups (broad SMARTS) is 1. The molecule has 0 aromatic rings. The molecule has 3 fully saturated rings. The Hall–Kier alpha value is -0.910. The van der Waals surface area contributed by atoms with Crippen molar-refractivity contribution in [2.75, 3.05) is 18.2 Å². The Morgan fingerprint density at radius 2 is 2.11 bits per heavy atom. The Morgan fingerprint density at radius 1 is 1.39 bits per heavy atom. The van der Waals surface area contributed by atoms with Gasteiger partial charge in [0, 0.05) is 12.3 Å². The van der Waals surface area contributed by atoms with Crippen molar-refractivity contribution in [3.05, 3.63) is 0 Å². The first-order valence-corrected chi connectivity index (χ1v) is 7.63. The van der Waals surface area contributed by atoms with E-state index in [-0.39, 0.29) is 6.03 Å². The molecular formula is C12H18N2O3S. The fourth-order valence-electron chi connectivity index (χ4n) is 2.79. The maximum atomic E-state index is 12.0. The van der Waals surface area contributed by atoms with E-state index < -0.39 is 12.0 Å². The lowest BCUT2D eigenvalue weighted by Gasteiger charge is -2.23. The predicted molar refractivity (Wildman–Crippen MR) is 68.4 cm³/mol. The summed E-state index contributed by atoms with van der Waals surface area (Å²) in [5.74, 6) is 0.884. The molecule has 6 heteroatoms. The molecule has 100 valence electrons. The summed E-state index contributed by atoms with van der Waals surface area (Å²) in [6, 6.07) is -0.870. The van der Waals surface area contributed by atoms with E-state index >= 15 is 0 Å². The van der Waals surface area contributed by atoms with Gasteiger partial charge in [-0.1, -0.05) is 0 Å². The summed E-state index contributed by atoms with van der Waals surface area (Å²) in [6.45, 7) is 0.726. The molecule has 0 spiro atoms. The number of rotatable bonds is 4. The molecule has 0 radical (unpaired) electrons. The van der Waals surface area contributed by atoms with E-state index in [9.17, 15) is 9.59 Å². The number of carboxylic acids is 1. The van der Waals surface area contributed by atoms with Gasteiger partial charge >= 0.3 is 12.0 Å². The molecule has 1 heterocycles. The van der Waals surface area contributed by atoms with Gasteiger partial charge in [-0.05, 0) is 37.0 Å². The molecule has 2 N–H and O–H groups in total. The number of nitrogens with one attached hydrogen (secondary N) is 1.